The maximum atomic E-state index is 3.82. The van der Waals surface area contributed by atoms with Crippen LogP contribution in [0.4, 0.5) is 0 Å². The molecule has 8 bridgehead atoms. The molecular formula is C14H19N. The predicted octanol–water partition coefficient (Wildman–Crippen LogP) is 1.89. The summed E-state index contributed by atoms with van der Waals surface area (Å²) in [5.41, 5.74) is 1.71. The van der Waals surface area contributed by atoms with Crippen molar-refractivity contribution in [3.63, 3.8) is 0 Å². The van der Waals surface area contributed by atoms with Gasteiger partial charge < -0.3 is 5.32 Å². The second-order valence-electron chi connectivity index (χ2n) is 7.42. The molecule has 4 unspecified atom stereocenters. The second kappa shape index (κ2) is 1.72. The van der Waals surface area contributed by atoms with Gasteiger partial charge in [0.1, 0.15) is 0 Å². The third-order valence-electron chi connectivity index (χ3n) is 8.23. The van der Waals surface area contributed by atoms with Crippen molar-refractivity contribution < 1.29 is 0 Å². The van der Waals surface area contributed by atoms with Gasteiger partial charge in [0, 0.05) is 13.1 Å². The van der Waals surface area contributed by atoms with Gasteiger partial charge in [-0.15, -0.1) is 0 Å². The molecule has 0 amide bonds. The van der Waals surface area contributed by atoms with Gasteiger partial charge in [-0.2, -0.15) is 0 Å². The van der Waals surface area contributed by atoms with E-state index in [1.165, 1.54) is 48.6 Å². The molecule has 1 N–H and O–H groups in total. The molecule has 1 nitrogen and oxygen atoms in total. The third-order valence-corrected chi connectivity index (χ3v) is 8.23. The van der Waals surface area contributed by atoms with E-state index in [2.05, 4.69) is 5.32 Å². The monoisotopic (exact) mass is 201 g/mol. The molecule has 80 valence electrons. The largest absolute Gasteiger partial charge is 0.316 e. The highest BCUT2D eigenvalue weighted by molar-refractivity contribution is 5.39. The first-order valence-corrected chi connectivity index (χ1v) is 7.12. The van der Waals surface area contributed by atoms with E-state index in [4.69, 9.17) is 0 Å². The van der Waals surface area contributed by atoms with Gasteiger partial charge in [0.2, 0.25) is 0 Å². The van der Waals surface area contributed by atoms with Crippen LogP contribution in [-0.4, -0.2) is 13.1 Å². The SMILES string of the molecule is C1CC2C3C4C5CCC4C24CNCC54C13. The molecule has 2 spiro atoms. The molecule has 4 atom stereocenters. The van der Waals surface area contributed by atoms with Crippen molar-refractivity contribution in [2.45, 2.75) is 25.7 Å². The van der Waals surface area contributed by atoms with E-state index in [0.717, 1.165) is 10.8 Å². The molecule has 6 saturated carbocycles. The Morgan fingerprint density at radius 3 is 1.47 bits per heavy atom. The average molecular weight is 201 g/mol. The van der Waals surface area contributed by atoms with Gasteiger partial charge in [-0.1, -0.05) is 0 Å². The van der Waals surface area contributed by atoms with Gasteiger partial charge in [-0.05, 0) is 72.0 Å². The van der Waals surface area contributed by atoms with Crippen LogP contribution < -0.4 is 5.32 Å². The summed E-state index contributed by atoms with van der Waals surface area (Å²) in [7, 11) is 0. The Balaban J connectivity index is 1.77. The lowest BCUT2D eigenvalue weighted by atomic mass is 9.52. The summed E-state index contributed by atoms with van der Waals surface area (Å²) < 4.78 is 0. The Morgan fingerprint density at radius 1 is 0.667 bits per heavy atom. The fraction of sp³-hybridized carbons (Fsp3) is 1.00. The highest BCUT2D eigenvalue weighted by atomic mass is 15.1. The van der Waals surface area contributed by atoms with Crippen LogP contribution >= 0.6 is 0 Å². The fourth-order valence-electron chi connectivity index (χ4n) is 8.79. The van der Waals surface area contributed by atoms with Gasteiger partial charge in [0.05, 0.1) is 0 Å². The second-order valence-corrected chi connectivity index (χ2v) is 7.42. The van der Waals surface area contributed by atoms with Gasteiger partial charge >= 0.3 is 0 Å². The van der Waals surface area contributed by atoms with Crippen LogP contribution in [0.5, 0.6) is 0 Å². The molecule has 1 saturated heterocycles. The van der Waals surface area contributed by atoms with Gasteiger partial charge in [-0.25, -0.2) is 0 Å². The number of nitrogens with one attached hydrogen (secondary N) is 1. The molecule has 0 aromatic heterocycles. The van der Waals surface area contributed by atoms with E-state index in [0.29, 0.717) is 0 Å². The summed E-state index contributed by atoms with van der Waals surface area (Å²) >= 11 is 0. The predicted molar refractivity (Wildman–Crippen MR) is 57.1 cm³/mol. The zero-order valence-electron chi connectivity index (χ0n) is 9.21. The molecule has 7 rings (SSSR count). The lowest BCUT2D eigenvalue weighted by Crippen LogP contribution is -2.49. The van der Waals surface area contributed by atoms with Crippen LogP contribution in [0, 0.1) is 46.3 Å². The molecule has 0 aromatic rings. The van der Waals surface area contributed by atoms with E-state index < -0.39 is 0 Å². The normalized spacial score (nSPS) is 80.0. The van der Waals surface area contributed by atoms with E-state index >= 15 is 0 Å². The van der Waals surface area contributed by atoms with Crippen molar-refractivity contribution in [1.82, 2.24) is 5.32 Å². The average Bonchev–Trinajstić information content (AvgIpc) is 3.03. The molecule has 1 heterocycles. The Morgan fingerprint density at radius 2 is 1.07 bits per heavy atom. The van der Waals surface area contributed by atoms with Gasteiger partial charge in [-0.3, -0.25) is 0 Å². The summed E-state index contributed by atoms with van der Waals surface area (Å²) in [6.45, 7) is 2.84. The van der Waals surface area contributed by atoms with Gasteiger partial charge in [0.15, 0.2) is 0 Å². The molecule has 7 aliphatic rings. The minimum atomic E-state index is 0.855. The first-order chi connectivity index (χ1) is 7.41. The minimum Gasteiger partial charge on any atom is -0.316 e. The van der Waals surface area contributed by atoms with Crippen LogP contribution in [0.2, 0.25) is 0 Å². The van der Waals surface area contributed by atoms with Gasteiger partial charge in [0.25, 0.3) is 0 Å². The number of rotatable bonds is 0. The smallest absolute Gasteiger partial charge is 0.00196 e. The summed E-state index contributed by atoms with van der Waals surface area (Å²) in [6, 6.07) is 0. The first kappa shape index (κ1) is 7.32. The lowest BCUT2D eigenvalue weighted by molar-refractivity contribution is -0.0289. The van der Waals surface area contributed by atoms with E-state index in [1.54, 1.807) is 25.7 Å². The highest BCUT2D eigenvalue weighted by Gasteiger charge is 2.90. The molecule has 7 fully saturated rings. The standard InChI is InChI=1S/C14H19N/c1-2-8-11-7(1)13-5-15-6-14(8,13)10-4-3-9(13)12(10)11/h7-12,15H,1-6H2. The summed E-state index contributed by atoms with van der Waals surface area (Å²) in [6.07, 6.45) is 6.44. The Kier molecular flexibility index (Phi) is 0.837. The number of hydrogen-bond donors (Lipinski definition) is 1. The van der Waals surface area contributed by atoms with E-state index in [1.807, 2.05) is 0 Å². The summed E-state index contributed by atoms with van der Waals surface area (Å²) in [5, 5.41) is 3.82. The quantitative estimate of drug-likeness (QED) is 0.631. The van der Waals surface area contributed by atoms with E-state index in [9.17, 15) is 0 Å². The summed E-state index contributed by atoms with van der Waals surface area (Å²) in [4.78, 5) is 0. The first-order valence-electron chi connectivity index (χ1n) is 7.12. The van der Waals surface area contributed by atoms with Crippen molar-refractivity contribution in [3.8, 4) is 0 Å². The van der Waals surface area contributed by atoms with Crippen molar-refractivity contribution >= 4 is 0 Å². The van der Waals surface area contributed by atoms with Crippen LogP contribution in [0.15, 0.2) is 0 Å². The van der Waals surface area contributed by atoms with Crippen molar-refractivity contribution in [2.24, 2.45) is 46.3 Å². The maximum Gasteiger partial charge on any atom is 0.00196 e. The third kappa shape index (κ3) is 0.397. The van der Waals surface area contributed by atoms with Crippen LogP contribution in [0.1, 0.15) is 25.7 Å². The molecule has 0 aromatic carbocycles. The Labute approximate surface area is 91.0 Å². The summed E-state index contributed by atoms with van der Waals surface area (Å²) in [5.74, 6) is 7.19. The Hall–Kier alpha value is -0.0400. The highest BCUT2D eigenvalue weighted by Crippen LogP contribution is 2.93. The van der Waals surface area contributed by atoms with E-state index in [-0.39, 0.29) is 0 Å². The minimum absolute atomic E-state index is 0.855. The Bertz CT molecular complexity index is 321. The van der Waals surface area contributed by atoms with Crippen LogP contribution in [0.25, 0.3) is 0 Å². The zero-order valence-corrected chi connectivity index (χ0v) is 9.21. The molecule has 1 heteroatoms. The van der Waals surface area contributed by atoms with Crippen molar-refractivity contribution in [3.05, 3.63) is 0 Å². The topological polar surface area (TPSA) is 12.0 Å². The van der Waals surface area contributed by atoms with Crippen LogP contribution in [-0.2, 0) is 0 Å². The fourth-order valence-corrected chi connectivity index (χ4v) is 8.79. The number of hydrogen-bond acceptors (Lipinski definition) is 1. The van der Waals surface area contributed by atoms with Crippen molar-refractivity contribution in [1.29, 1.82) is 0 Å². The van der Waals surface area contributed by atoms with Crippen molar-refractivity contribution in [2.75, 3.05) is 13.1 Å². The molecule has 6 aliphatic carbocycles. The molecule has 15 heavy (non-hydrogen) atoms. The lowest BCUT2D eigenvalue weighted by Gasteiger charge is -2.51. The molecular weight excluding hydrogens is 182 g/mol. The molecule has 0 radical (unpaired) electrons. The molecule has 1 aliphatic heterocycles. The maximum absolute atomic E-state index is 3.82. The zero-order chi connectivity index (χ0) is 9.41. The van der Waals surface area contributed by atoms with Crippen LogP contribution in [0.3, 0.4) is 0 Å².